The molecule has 0 bridgehead atoms. The summed E-state index contributed by atoms with van der Waals surface area (Å²) < 4.78 is 43.4. The zero-order valence-corrected chi connectivity index (χ0v) is 24.5. The van der Waals surface area contributed by atoms with E-state index < -0.39 is 22.0 Å². The highest BCUT2D eigenvalue weighted by atomic mass is 32.2. The molecule has 3 aromatic carbocycles. The van der Waals surface area contributed by atoms with Gasteiger partial charge in [0.2, 0.25) is 15.9 Å². The zero-order valence-electron chi connectivity index (χ0n) is 23.7. The molecule has 0 saturated carbocycles. The van der Waals surface area contributed by atoms with Crippen LogP contribution >= 0.6 is 0 Å². The molecule has 1 saturated heterocycles. The quantitative estimate of drug-likeness (QED) is 0.285. The average molecular weight is 596 g/mol. The Kier molecular flexibility index (Phi) is 11.5. The third-order valence-electron chi connectivity index (χ3n) is 6.81. The van der Waals surface area contributed by atoms with Crippen LogP contribution in [-0.4, -0.2) is 82.6 Å². The maximum absolute atomic E-state index is 13.7. The monoisotopic (exact) mass is 595 g/mol. The summed E-state index contributed by atoms with van der Waals surface area (Å²) in [5, 5.41) is 2.94. The van der Waals surface area contributed by atoms with Crippen molar-refractivity contribution in [2.45, 2.75) is 23.9 Å². The SMILES string of the molecule is COCCCNC(=O)C(c1ccccc1)N(Cc1ccccc1)C(=O)COc1ccc(S(=O)(=O)N2CCOCC2)cc1. The molecular formula is C31H37N3O7S. The van der Waals surface area contributed by atoms with Gasteiger partial charge in [0.1, 0.15) is 11.8 Å². The minimum atomic E-state index is -3.65. The number of benzene rings is 3. The molecule has 0 aromatic heterocycles. The van der Waals surface area contributed by atoms with Crippen LogP contribution in [0.15, 0.2) is 89.8 Å². The number of morpholine rings is 1. The van der Waals surface area contributed by atoms with Crippen molar-refractivity contribution in [3.8, 4) is 5.75 Å². The van der Waals surface area contributed by atoms with E-state index in [4.69, 9.17) is 14.2 Å². The molecule has 224 valence electrons. The Hall–Kier alpha value is -3.77. The molecule has 11 heteroatoms. The number of nitrogens with zero attached hydrogens (tertiary/aromatic N) is 2. The lowest BCUT2D eigenvalue weighted by Crippen LogP contribution is -2.45. The highest BCUT2D eigenvalue weighted by Gasteiger charge is 2.32. The number of methoxy groups -OCH3 is 1. The lowest BCUT2D eigenvalue weighted by molar-refractivity contribution is -0.143. The molecule has 42 heavy (non-hydrogen) atoms. The lowest BCUT2D eigenvalue weighted by atomic mass is 10.0. The van der Waals surface area contributed by atoms with Crippen LogP contribution in [0.2, 0.25) is 0 Å². The summed E-state index contributed by atoms with van der Waals surface area (Å²) in [6, 6.07) is 23.7. The van der Waals surface area contributed by atoms with Crippen molar-refractivity contribution in [3.63, 3.8) is 0 Å². The molecule has 1 aliphatic heterocycles. The summed E-state index contributed by atoms with van der Waals surface area (Å²) in [7, 11) is -2.05. The van der Waals surface area contributed by atoms with E-state index in [-0.39, 0.29) is 24.0 Å². The fraction of sp³-hybridized carbons (Fsp3) is 0.355. The Morgan fingerprint density at radius 3 is 2.24 bits per heavy atom. The maximum atomic E-state index is 13.7. The predicted octanol–water partition coefficient (Wildman–Crippen LogP) is 3.01. The van der Waals surface area contributed by atoms with Crippen molar-refractivity contribution in [2.75, 3.05) is 53.2 Å². The fourth-order valence-corrected chi connectivity index (χ4v) is 6.02. The van der Waals surface area contributed by atoms with Crippen molar-refractivity contribution < 1.29 is 32.2 Å². The van der Waals surface area contributed by atoms with Crippen LogP contribution in [0, 0.1) is 0 Å². The highest BCUT2D eigenvalue weighted by Crippen LogP contribution is 2.25. The summed E-state index contributed by atoms with van der Waals surface area (Å²) in [5.74, 6) is -0.367. The number of carbonyl (C=O) groups is 2. The van der Waals surface area contributed by atoms with Gasteiger partial charge in [-0.15, -0.1) is 0 Å². The van der Waals surface area contributed by atoms with Crippen LogP contribution < -0.4 is 10.1 Å². The normalized spacial score (nSPS) is 14.6. The van der Waals surface area contributed by atoms with Crippen LogP contribution in [-0.2, 0) is 35.6 Å². The number of amides is 2. The van der Waals surface area contributed by atoms with Gasteiger partial charge >= 0.3 is 0 Å². The molecule has 0 spiro atoms. The highest BCUT2D eigenvalue weighted by molar-refractivity contribution is 7.89. The van der Waals surface area contributed by atoms with Gasteiger partial charge in [-0.25, -0.2) is 8.42 Å². The van der Waals surface area contributed by atoms with Crippen LogP contribution in [0.4, 0.5) is 0 Å². The molecule has 10 nitrogen and oxygen atoms in total. The molecule has 1 fully saturated rings. The van der Waals surface area contributed by atoms with E-state index in [1.54, 1.807) is 7.11 Å². The zero-order chi connectivity index (χ0) is 29.8. The van der Waals surface area contributed by atoms with Gasteiger partial charge in [0.15, 0.2) is 6.61 Å². The number of rotatable bonds is 14. The van der Waals surface area contributed by atoms with Crippen LogP contribution in [0.25, 0.3) is 0 Å². The number of sulfonamides is 1. The van der Waals surface area contributed by atoms with Crippen LogP contribution in [0.3, 0.4) is 0 Å². The summed E-state index contributed by atoms with van der Waals surface area (Å²) >= 11 is 0. The molecular weight excluding hydrogens is 558 g/mol. The van der Waals surface area contributed by atoms with Crippen LogP contribution in [0.1, 0.15) is 23.6 Å². The van der Waals surface area contributed by atoms with Gasteiger partial charge in [0.25, 0.3) is 5.91 Å². The molecule has 1 aliphatic rings. The number of carbonyl (C=O) groups excluding carboxylic acids is 2. The Balaban J connectivity index is 1.52. The Labute approximate surface area is 247 Å². The largest absolute Gasteiger partial charge is 0.484 e. The van der Waals surface area contributed by atoms with Crippen molar-refractivity contribution in [2.24, 2.45) is 0 Å². The number of ether oxygens (including phenoxy) is 3. The van der Waals surface area contributed by atoms with Gasteiger partial charge < -0.3 is 24.4 Å². The molecule has 3 aromatic rings. The second kappa shape index (κ2) is 15.5. The summed E-state index contributed by atoms with van der Waals surface area (Å²) in [6.07, 6.45) is 0.636. The van der Waals surface area contributed by atoms with E-state index in [9.17, 15) is 18.0 Å². The Morgan fingerprint density at radius 2 is 1.60 bits per heavy atom. The first-order valence-electron chi connectivity index (χ1n) is 13.9. The standard InChI is InChI=1S/C31H37N3O7S/c1-39-20-8-17-32-31(36)30(26-11-6-3-7-12-26)34(23-25-9-4-2-5-10-25)29(35)24-41-27-13-15-28(16-14-27)42(37,38)33-18-21-40-22-19-33/h2-7,9-16,30H,8,17-24H2,1H3,(H,32,36). The summed E-state index contributed by atoms with van der Waals surface area (Å²) in [5.41, 5.74) is 1.53. The van der Waals surface area contributed by atoms with E-state index in [1.807, 2.05) is 60.7 Å². The number of hydrogen-bond acceptors (Lipinski definition) is 7. The Morgan fingerprint density at radius 1 is 0.952 bits per heavy atom. The third-order valence-corrected chi connectivity index (χ3v) is 8.72. The van der Waals surface area contributed by atoms with E-state index in [0.717, 1.165) is 5.56 Å². The molecule has 1 unspecified atom stereocenters. The van der Waals surface area contributed by atoms with Gasteiger partial charge in [-0.05, 0) is 41.8 Å². The lowest BCUT2D eigenvalue weighted by Gasteiger charge is -2.31. The van der Waals surface area contributed by atoms with Gasteiger partial charge in [-0.1, -0.05) is 60.7 Å². The second-order valence-corrected chi connectivity index (χ2v) is 11.7. The third kappa shape index (κ3) is 8.39. The van der Waals surface area contributed by atoms with Crippen molar-refractivity contribution in [1.29, 1.82) is 0 Å². The van der Waals surface area contributed by atoms with E-state index in [0.29, 0.717) is 57.2 Å². The first-order chi connectivity index (χ1) is 20.4. The number of hydrogen-bond donors (Lipinski definition) is 1. The number of nitrogens with one attached hydrogen (secondary N) is 1. The summed E-state index contributed by atoms with van der Waals surface area (Å²) in [4.78, 5) is 28.9. The second-order valence-electron chi connectivity index (χ2n) is 9.73. The van der Waals surface area contributed by atoms with Crippen molar-refractivity contribution >= 4 is 21.8 Å². The predicted molar refractivity (Wildman–Crippen MR) is 157 cm³/mol. The van der Waals surface area contributed by atoms with E-state index in [2.05, 4.69) is 5.32 Å². The van der Waals surface area contributed by atoms with Gasteiger partial charge in [0, 0.05) is 39.9 Å². The van der Waals surface area contributed by atoms with E-state index >= 15 is 0 Å². The molecule has 0 aliphatic carbocycles. The Bertz CT molecular complexity index is 1380. The van der Waals surface area contributed by atoms with Crippen molar-refractivity contribution in [1.82, 2.24) is 14.5 Å². The minimum Gasteiger partial charge on any atom is -0.484 e. The van der Waals surface area contributed by atoms with Gasteiger partial charge in [0.05, 0.1) is 18.1 Å². The van der Waals surface area contributed by atoms with Gasteiger partial charge in [-0.2, -0.15) is 4.31 Å². The molecule has 1 heterocycles. The molecule has 0 radical (unpaired) electrons. The topological polar surface area (TPSA) is 114 Å². The molecule has 2 amide bonds. The molecule has 1 N–H and O–H groups in total. The molecule has 4 rings (SSSR count). The first-order valence-corrected chi connectivity index (χ1v) is 15.3. The minimum absolute atomic E-state index is 0.142. The first kappa shape index (κ1) is 31.2. The fourth-order valence-electron chi connectivity index (χ4n) is 4.61. The van der Waals surface area contributed by atoms with E-state index in [1.165, 1.54) is 33.5 Å². The van der Waals surface area contributed by atoms with Gasteiger partial charge in [-0.3, -0.25) is 9.59 Å². The van der Waals surface area contributed by atoms with Crippen molar-refractivity contribution in [3.05, 3.63) is 96.1 Å². The summed E-state index contributed by atoms with van der Waals surface area (Å²) in [6.45, 7) is 2.06. The molecule has 1 atom stereocenters. The maximum Gasteiger partial charge on any atom is 0.261 e. The average Bonchev–Trinajstić information content (AvgIpc) is 3.03. The van der Waals surface area contributed by atoms with Crippen LogP contribution in [0.5, 0.6) is 5.75 Å². The smallest absolute Gasteiger partial charge is 0.261 e.